The van der Waals surface area contributed by atoms with Crippen LogP contribution in [-0.2, 0) is 0 Å². The summed E-state index contributed by atoms with van der Waals surface area (Å²) >= 11 is 0. The van der Waals surface area contributed by atoms with Crippen molar-refractivity contribution in [1.29, 1.82) is 0 Å². The molecule has 6 aromatic carbocycles. The van der Waals surface area contributed by atoms with Gasteiger partial charge in [-0.15, -0.1) is 0 Å². The molecule has 0 unspecified atom stereocenters. The first kappa shape index (κ1) is 26.4. The van der Waals surface area contributed by atoms with Crippen LogP contribution < -0.4 is 0 Å². The van der Waals surface area contributed by atoms with Crippen molar-refractivity contribution >= 4 is 11.1 Å². The van der Waals surface area contributed by atoms with Crippen LogP contribution in [0.5, 0.6) is 0 Å². The van der Waals surface area contributed by atoms with E-state index in [0.29, 0.717) is 23.4 Å². The molecule has 0 bridgehead atoms. The van der Waals surface area contributed by atoms with Gasteiger partial charge >= 0.3 is 0 Å². The van der Waals surface area contributed by atoms with Crippen molar-refractivity contribution in [1.82, 2.24) is 19.9 Å². The van der Waals surface area contributed by atoms with Gasteiger partial charge in [-0.3, -0.25) is 0 Å². The minimum absolute atomic E-state index is 0.555. The maximum Gasteiger partial charge on any atom is 0.227 e. The van der Waals surface area contributed by atoms with Crippen molar-refractivity contribution in [2.75, 3.05) is 0 Å². The zero-order valence-corrected chi connectivity index (χ0v) is 24.2. The van der Waals surface area contributed by atoms with Crippen molar-refractivity contribution < 1.29 is 4.42 Å². The molecule has 0 atom stereocenters. The number of fused-ring (bicyclic) bond motifs is 1. The van der Waals surface area contributed by atoms with E-state index in [4.69, 9.17) is 24.4 Å². The first-order valence-corrected chi connectivity index (χ1v) is 14.8. The molecule has 0 fully saturated rings. The van der Waals surface area contributed by atoms with E-state index in [9.17, 15) is 0 Å². The van der Waals surface area contributed by atoms with Gasteiger partial charge < -0.3 is 4.42 Å². The zero-order chi connectivity index (χ0) is 30.0. The van der Waals surface area contributed by atoms with Crippen LogP contribution in [0.4, 0.5) is 0 Å². The summed E-state index contributed by atoms with van der Waals surface area (Å²) in [6.07, 6.45) is 0. The number of para-hydroxylation sites is 2. The number of rotatable bonds is 6. The van der Waals surface area contributed by atoms with Crippen molar-refractivity contribution in [2.45, 2.75) is 0 Å². The summed E-state index contributed by atoms with van der Waals surface area (Å²) < 4.78 is 6.07. The first-order chi connectivity index (χ1) is 22.3. The highest BCUT2D eigenvalue weighted by Crippen LogP contribution is 2.31. The molecule has 2 aromatic heterocycles. The molecule has 0 N–H and O–H groups in total. The predicted octanol–water partition coefficient (Wildman–Crippen LogP) is 10.0. The Hall–Kier alpha value is -6.20. The smallest absolute Gasteiger partial charge is 0.227 e. The van der Waals surface area contributed by atoms with Crippen LogP contribution in [0.3, 0.4) is 0 Å². The monoisotopic (exact) mass is 578 g/mol. The first-order valence-electron chi connectivity index (χ1n) is 14.8. The van der Waals surface area contributed by atoms with E-state index in [-0.39, 0.29) is 0 Å². The zero-order valence-electron chi connectivity index (χ0n) is 24.2. The number of aromatic nitrogens is 4. The topological polar surface area (TPSA) is 64.7 Å². The standard InChI is InChI=1S/C40H26N4O/c1-3-11-27(12-4-1)29-21-23-30(24-22-29)37-42-38(32-16-9-15-31(25-32)28-13-5-2-6-14-28)44-39(43-37)33-17-10-18-34(26-33)40-41-35-19-7-8-20-36(35)45-40/h1-26H. The van der Waals surface area contributed by atoms with Gasteiger partial charge in [-0.1, -0.05) is 127 Å². The molecule has 0 aliphatic heterocycles. The van der Waals surface area contributed by atoms with Gasteiger partial charge in [0.25, 0.3) is 0 Å². The second kappa shape index (κ2) is 11.5. The maximum absolute atomic E-state index is 6.07. The molecule has 0 aliphatic rings. The molecular weight excluding hydrogens is 552 g/mol. The Morgan fingerprint density at radius 3 is 1.40 bits per heavy atom. The SMILES string of the molecule is c1ccc(-c2ccc(-c3nc(-c4cccc(-c5ccccc5)c4)nc(-c4cccc(-c5nc6ccccc6o5)c4)n3)cc2)cc1. The molecule has 0 aliphatic carbocycles. The fourth-order valence-corrected chi connectivity index (χ4v) is 5.46. The van der Waals surface area contributed by atoms with Gasteiger partial charge in [-0.2, -0.15) is 0 Å². The fraction of sp³-hybridized carbons (Fsp3) is 0. The van der Waals surface area contributed by atoms with Crippen molar-refractivity contribution in [3.05, 3.63) is 158 Å². The van der Waals surface area contributed by atoms with Gasteiger partial charge in [0.15, 0.2) is 23.1 Å². The Morgan fingerprint density at radius 1 is 0.311 bits per heavy atom. The third-order valence-electron chi connectivity index (χ3n) is 7.78. The minimum Gasteiger partial charge on any atom is -0.436 e. The third-order valence-corrected chi connectivity index (χ3v) is 7.78. The number of oxazole rings is 1. The summed E-state index contributed by atoms with van der Waals surface area (Å²) in [6, 6.07) is 53.1. The lowest BCUT2D eigenvalue weighted by molar-refractivity contribution is 0.620. The molecule has 8 rings (SSSR count). The molecule has 0 spiro atoms. The van der Waals surface area contributed by atoms with Crippen molar-refractivity contribution in [3.63, 3.8) is 0 Å². The highest BCUT2D eigenvalue weighted by atomic mass is 16.3. The van der Waals surface area contributed by atoms with E-state index >= 15 is 0 Å². The lowest BCUT2D eigenvalue weighted by Crippen LogP contribution is -2.00. The average molecular weight is 579 g/mol. The number of benzene rings is 6. The summed E-state index contributed by atoms with van der Waals surface area (Å²) in [5.74, 6) is 2.34. The van der Waals surface area contributed by atoms with Crippen molar-refractivity contribution in [3.8, 4) is 67.9 Å². The molecule has 8 aromatic rings. The second-order valence-corrected chi connectivity index (χ2v) is 10.8. The Bertz CT molecular complexity index is 2230. The highest BCUT2D eigenvalue weighted by molar-refractivity contribution is 5.78. The van der Waals surface area contributed by atoms with E-state index in [1.165, 1.54) is 0 Å². The van der Waals surface area contributed by atoms with Gasteiger partial charge in [0.2, 0.25) is 5.89 Å². The molecular formula is C40H26N4O. The van der Waals surface area contributed by atoms with Crippen LogP contribution in [0.25, 0.3) is 79.0 Å². The Kier molecular flexibility index (Phi) is 6.74. The van der Waals surface area contributed by atoms with Crippen LogP contribution in [0.15, 0.2) is 162 Å². The lowest BCUT2D eigenvalue weighted by Gasteiger charge is -2.10. The summed E-state index contributed by atoms with van der Waals surface area (Å²) in [5.41, 5.74) is 9.62. The summed E-state index contributed by atoms with van der Waals surface area (Å²) in [4.78, 5) is 19.7. The number of nitrogens with zero attached hydrogens (tertiary/aromatic N) is 4. The van der Waals surface area contributed by atoms with E-state index in [1.54, 1.807) is 0 Å². The van der Waals surface area contributed by atoms with E-state index in [1.807, 2.05) is 97.1 Å². The van der Waals surface area contributed by atoms with Crippen LogP contribution in [0, 0.1) is 0 Å². The van der Waals surface area contributed by atoms with E-state index in [0.717, 1.165) is 55.6 Å². The van der Waals surface area contributed by atoms with Crippen LogP contribution in [-0.4, -0.2) is 19.9 Å². The van der Waals surface area contributed by atoms with Crippen LogP contribution >= 0.6 is 0 Å². The van der Waals surface area contributed by atoms with Crippen LogP contribution in [0.2, 0.25) is 0 Å². The maximum atomic E-state index is 6.07. The van der Waals surface area contributed by atoms with E-state index < -0.39 is 0 Å². The van der Waals surface area contributed by atoms with Gasteiger partial charge in [-0.05, 0) is 52.6 Å². The third kappa shape index (κ3) is 5.39. The largest absolute Gasteiger partial charge is 0.436 e. The Balaban J connectivity index is 1.24. The van der Waals surface area contributed by atoms with Crippen LogP contribution in [0.1, 0.15) is 0 Å². The molecule has 45 heavy (non-hydrogen) atoms. The van der Waals surface area contributed by atoms with Crippen molar-refractivity contribution in [2.24, 2.45) is 0 Å². The summed E-state index contributed by atoms with van der Waals surface area (Å²) in [7, 11) is 0. The normalized spacial score (nSPS) is 11.1. The van der Waals surface area contributed by atoms with Gasteiger partial charge in [0.05, 0.1) is 0 Å². The average Bonchev–Trinajstić information content (AvgIpc) is 3.57. The number of hydrogen-bond donors (Lipinski definition) is 0. The fourth-order valence-electron chi connectivity index (χ4n) is 5.46. The second-order valence-electron chi connectivity index (χ2n) is 10.8. The minimum atomic E-state index is 0.555. The predicted molar refractivity (Wildman–Crippen MR) is 180 cm³/mol. The molecule has 5 heteroatoms. The molecule has 0 saturated heterocycles. The molecule has 2 heterocycles. The highest BCUT2D eigenvalue weighted by Gasteiger charge is 2.15. The Morgan fingerprint density at radius 2 is 0.756 bits per heavy atom. The van der Waals surface area contributed by atoms with Gasteiger partial charge in [0, 0.05) is 22.3 Å². The molecule has 0 saturated carbocycles. The molecule has 0 amide bonds. The van der Waals surface area contributed by atoms with Gasteiger partial charge in [-0.25, -0.2) is 19.9 Å². The van der Waals surface area contributed by atoms with E-state index in [2.05, 4.69) is 60.7 Å². The quantitative estimate of drug-likeness (QED) is 0.196. The van der Waals surface area contributed by atoms with Gasteiger partial charge in [0.1, 0.15) is 5.52 Å². The summed E-state index contributed by atoms with van der Waals surface area (Å²) in [5, 5.41) is 0. The Labute approximate surface area is 260 Å². The summed E-state index contributed by atoms with van der Waals surface area (Å²) in [6.45, 7) is 0. The lowest BCUT2D eigenvalue weighted by atomic mass is 10.0. The molecule has 5 nitrogen and oxygen atoms in total. The number of hydrogen-bond acceptors (Lipinski definition) is 5. The molecule has 212 valence electrons. The molecule has 0 radical (unpaired) electrons.